The molecule has 0 saturated heterocycles. The summed E-state index contributed by atoms with van der Waals surface area (Å²) in [7, 11) is 0. The van der Waals surface area contributed by atoms with E-state index in [2.05, 4.69) is 43.5 Å². The largest absolute Gasteiger partial charge is 0.394 e. The first-order chi connectivity index (χ1) is 35.0. The highest BCUT2D eigenvalue weighted by molar-refractivity contribution is 5.76. The van der Waals surface area contributed by atoms with Crippen LogP contribution in [0.5, 0.6) is 0 Å². The molecule has 5 nitrogen and oxygen atoms in total. The molecule has 3 unspecified atom stereocenters. The van der Waals surface area contributed by atoms with E-state index >= 15 is 0 Å². The van der Waals surface area contributed by atoms with E-state index in [0.29, 0.717) is 6.42 Å². The predicted molar refractivity (Wildman–Crippen MR) is 314 cm³/mol. The summed E-state index contributed by atoms with van der Waals surface area (Å²) in [6, 6.07) is -0.762. The average molecular weight is 999 g/mol. The van der Waals surface area contributed by atoms with Crippen molar-refractivity contribution in [3.8, 4) is 0 Å². The number of allylic oxidation sites excluding steroid dienone is 5. The molecule has 3 atom stereocenters. The maximum atomic E-state index is 12.6. The van der Waals surface area contributed by atoms with Gasteiger partial charge in [-0.25, -0.2) is 0 Å². The Hall–Kier alpha value is -1.43. The summed E-state index contributed by atoms with van der Waals surface area (Å²) < 4.78 is 0. The number of unbranched alkanes of at least 4 members (excludes halogenated alkanes) is 47. The lowest BCUT2D eigenvalue weighted by molar-refractivity contribution is -0.124. The summed E-state index contributed by atoms with van der Waals surface area (Å²) in [5.74, 6) is -0.319. The van der Waals surface area contributed by atoms with Crippen molar-refractivity contribution in [1.29, 1.82) is 0 Å². The van der Waals surface area contributed by atoms with Gasteiger partial charge in [0.1, 0.15) is 0 Å². The van der Waals surface area contributed by atoms with Crippen LogP contribution in [0.3, 0.4) is 0 Å². The molecule has 1 amide bonds. The van der Waals surface area contributed by atoms with E-state index in [-0.39, 0.29) is 18.9 Å². The van der Waals surface area contributed by atoms with Crippen molar-refractivity contribution in [2.45, 2.75) is 372 Å². The highest BCUT2D eigenvalue weighted by Crippen LogP contribution is 2.18. The van der Waals surface area contributed by atoms with Crippen LogP contribution in [0.1, 0.15) is 354 Å². The Bertz CT molecular complexity index is 1100. The number of aliphatic hydroxyl groups is 3. The molecule has 4 N–H and O–H groups in total. The zero-order chi connectivity index (χ0) is 51.4. The zero-order valence-corrected chi connectivity index (χ0v) is 48.1. The molecule has 420 valence electrons. The van der Waals surface area contributed by atoms with Gasteiger partial charge in [-0.3, -0.25) is 4.79 Å². The minimum atomic E-state index is -0.953. The highest BCUT2D eigenvalue weighted by Gasteiger charge is 2.20. The van der Waals surface area contributed by atoms with Crippen LogP contribution >= 0.6 is 0 Å². The fourth-order valence-electron chi connectivity index (χ4n) is 10.2. The Morgan fingerprint density at radius 1 is 0.352 bits per heavy atom. The molecule has 0 saturated carbocycles. The molecule has 0 heterocycles. The van der Waals surface area contributed by atoms with Crippen molar-refractivity contribution in [2.24, 2.45) is 0 Å². The average Bonchev–Trinajstić information content (AvgIpc) is 3.37. The predicted octanol–water partition coefficient (Wildman–Crippen LogP) is 20.6. The first-order valence-corrected chi connectivity index (χ1v) is 32.3. The van der Waals surface area contributed by atoms with Crippen LogP contribution in [-0.4, -0.2) is 46.1 Å². The van der Waals surface area contributed by atoms with Gasteiger partial charge >= 0.3 is 0 Å². The number of hydrogen-bond donors (Lipinski definition) is 4. The monoisotopic (exact) mass is 998 g/mol. The highest BCUT2D eigenvalue weighted by atomic mass is 16.3. The van der Waals surface area contributed by atoms with E-state index in [1.807, 2.05) is 6.08 Å². The lowest BCUT2D eigenvalue weighted by atomic mass is 10.0. The molecule has 0 radical (unpaired) electrons. The van der Waals surface area contributed by atoms with Crippen molar-refractivity contribution in [3.63, 3.8) is 0 Å². The normalized spacial score (nSPS) is 13.4. The third kappa shape index (κ3) is 57.7. The van der Waals surface area contributed by atoms with Crippen LogP contribution in [0.2, 0.25) is 0 Å². The molecule has 0 aliphatic carbocycles. The number of rotatable bonds is 60. The Morgan fingerprint density at radius 3 is 0.901 bits per heavy atom. The second kappa shape index (κ2) is 61.1. The molecule has 0 fully saturated rings. The maximum Gasteiger partial charge on any atom is 0.222 e. The molecule has 0 aliphatic rings. The Balaban J connectivity index is 3.54. The van der Waals surface area contributed by atoms with Gasteiger partial charge < -0.3 is 20.6 Å². The first kappa shape index (κ1) is 69.6. The van der Waals surface area contributed by atoms with Gasteiger partial charge in [-0.1, -0.05) is 326 Å². The van der Waals surface area contributed by atoms with Crippen molar-refractivity contribution < 1.29 is 20.1 Å². The van der Waals surface area contributed by atoms with Crippen molar-refractivity contribution in [2.75, 3.05) is 6.61 Å². The number of aliphatic hydroxyl groups excluding tert-OH is 3. The van der Waals surface area contributed by atoms with Crippen LogP contribution < -0.4 is 5.32 Å². The molecular weight excluding hydrogens is 871 g/mol. The number of hydrogen-bond acceptors (Lipinski definition) is 4. The number of nitrogens with one attached hydrogen (secondary N) is 1. The number of carbonyl (C=O) groups is 1. The quantitative estimate of drug-likeness (QED) is 0.0361. The molecule has 0 rings (SSSR count). The summed E-state index contributed by atoms with van der Waals surface area (Å²) in [6.07, 6.45) is 80.9. The Kier molecular flexibility index (Phi) is 59.9. The lowest BCUT2D eigenvalue weighted by Crippen LogP contribution is -2.45. The van der Waals surface area contributed by atoms with E-state index in [1.54, 1.807) is 6.08 Å². The first-order valence-electron chi connectivity index (χ1n) is 32.3. The standard InChI is InChI=1S/C66H127NO4/c1-3-5-7-9-11-13-15-17-19-21-23-25-27-29-30-31-32-33-34-36-37-39-41-43-45-47-49-51-53-55-57-59-63(69)61-66(71)67-64(62-68)65(70)60-58-56-54-52-50-48-46-44-42-40-38-35-28-26-24-22-20-18-16-14-12-10-8-6-4-2/h29-30,50,52,58,60,63-65,68-70H,3-28,31-49,51,53-57,59,61-62H2,1-2H3,(H,67,71)/b30-29-,52-50+,60-58+. The topological polar surface area (TPSA) is 89.8 Å². The SMILES string of the molecule is CCCCCCCCCCCCCC/C=C\CCCCCCCCCCCCCCCCCC(O)CC(=O)NC(CO)C(O)/C=C/CC/C=C/CCCCCCCCCCCCCCCCCCCCC. The van der Waals surface area contributed by atoms with Gasteiger partial charge in [0.15, 0.2) is 0 Å². The molecular formula is C66H127NO4. The molecule has 0 aromatic rings. The third-order valence-corrected chi connectivity index (χ3v) is 15.1. The van der Waals surface area contributed by atoms with Crippen molar-refractivity contribution in [3.05, 3.63) is 36.5 Å². The third-order valence-electron chi connectivity index (χ3n) is 15.1. The van der Waals surface area contributed by atoms with Gasteiger partial charge in [-0.2, -0.15) is 0 Å². The van der Waals surface area contributed by atoms with E-state index < -0.39 is 18.2 Å². The summed E-state index contributed by atoms with van der Waals surface area (Å²) in [4.78, 5) is 12.6. The van der Waals surface area contributed by atoms with Gasteiger partial charge in [0.25, 0.3) is 0 Å². The Morgan fingerprint density at radius 2 is 0.606 bits per heavy atom. The van der Waals surface area contributed by atoms with E-state index in [0.717, 1.165) is 32.1 Å². The molecule has 5 heteroatoms. The molecule has 0 bridgehead atoms. The summed E-state index contributed by atoms with van der Waals surface area (Å²) >= 11 is 0. The van der Waals surface area contributed by atoms with Crippen LogP contribution in [0.15, 0.2) is 36.5 Å². The second-order valence-electron chi connectivity index (χ2n) is 22.4. The van der Waals surface area contributed by atoms with Crippen molar-refractivity contribution in [1.82, 2.24) is 5.32 Å². The van der Waals surface area contributed by atoms with E-state index in [4.69, 9.17) is 0 Å². The fourth-order valence-corrected chi connectivity index (χ4v) is 10.2. The maximum absolute atomic E-state index is 12.6. The van der Waals surface area contributed by atoms with Gasteiger partial charge in [-0.15, -0.1) is 0 Å². The Labute approximate surface area is 444 Å². The molecule has 0 aliphatic heterocycles. The minimum absolute atomic E-state index is 0.00836. The van der Waals surface area contributed by atoms with E-state index in [1.165, 1.54) is 295 Å². The number of carbonyl (C=O) groups excluding carboxylic acids is 1. The van der Waals surface area contributed by atoms with Crippen LogP contribution in [0, 0.1) is 0 Å². The van der Waals surface area contributed by atoms with Gasteiger partial charge in [0.2, 0.25) is 5.91 Å². The summed E-state index contributed by atoms with van der Waals surface area (Å²) in [5, 5.41) is 33.5. The van der Waals surface area contributed by atoms with E-state index in [9.17, 15) is 20.1 Å². The number of amides is 1. The minimum Gasteiger partial charge on any atom is -0.394 e. The van der Waals surface area contributed by atoms with Crippen LogP contribution in [-0.2, 0) is 4.79 Å². The fraction of sp³-hybridized carbons (Fsp3) is 0.894. The van der Waals surface area contributed by atoms with Gasteiger partial charge in [0, 0.05) is 0 Å². The second-order valence-corrected chi connectivity index (χ2v) is 22.4. The summed E-state index contributed by atoms with van der Waals surface area (Å²) in [6.45, 7) is 4.25. The smallest absolute Gasteiger partial charge is 0.222 e. The van der Waals surface area contributed by atoms with Crippen LogP contribution in [0.4, 0.5) is 0 Å². The lowest BCUT2D eigenvalue weighted by Gasteiger charge is -2.21. The summed E-state index contributed by atoms with van der Waals surface area (Å²) in [5.41, 5.74) is 0. The van der Waals surface area contributed by atoms with Crippen LogP contribution in [0.25, 0.3) is 0 Å². The molecule has 71 heavy (non-hydrogen) atoms. The van der Waals surface area contributed by atoms with Gasteiger partial charge in [-0.05, 0) is 57.8 Å². The zero-order valence-electron chi connectivity index (χ0n) is 48.1. The van der Waals surface area contributed by atoms with Gasteiger partial charge in [0.05, 0.1) is 31.3 Å². The molecule has 0 spiro atoms. The van der Waals surface area contributed by atoms with Crippen molar-refractivity contribution >= 4 is 5.91 Å². The molecule has 0 aromatic carbocycles. The molecule has 0 aromatic heterocycles.